The predicted molar refractivity (Wildman–Crippen MR) is 75.8 cm³/mol. The lowest BCUT2D eigenvalue weighted by atomic mass is 9.63. The SMILES string of the molecule is CCNC1CCN(C2CC(OC)C2(C)C)CC1C. The molecule has 0 bridgehead atoms. The topological polar surface area (TPSA) is 24.5 Å². The molecule has 2 rings (SSSR count). The Labute approximate surface area is 112 Å². The first-order chi connectivity index (χ1) is 8.50. The second kappa shape index (κ2) is 5.48. The van der Waals surface area contributed by atoms with Crippen LogP contribution in [0.2, 0.25) is 0 Å². The molecule has 1 N–H and O–H groups in total. The van der Waals surface area contributed by atoms with Crippen molar-refractivity contribution in [3.8, 4) is 0 Å². The third-order valence-corrected chi connectivity index (χ3v) is 5.25. The van der Waals surface area contributed by atoms with E-state index in [1.54, 1.807) is 0 Å². The summed E-state index contributed by atoms with van der Waals surface area (Å²) in [7, 11) is 1.85. The number of methoxy groups -OCH3 is 1. The van der Waals surface area contributed by atoms with Crippen LogP contribution in [0.1, 0.15) is 40.5 Å². The molecule has 106 valence electrons. The Hall–Kier alpha value is -0.120. The molecule has 0 radical (unpaired) electrons. The van der Waals surface area contributed by atoms with Crippen LogP contribution in [-0.2, 0) is 4.74 Å². The normalized spacial score (nSPS) is 40.5. The molecule has 3 heteroatoms. The van der Waals surface area contributed by atoms with Crippen LogP contribution in [-0.4, -0.2) is 49.8 Å². The molecule has 0 aromatic rings. The highest BCUT2D eigenvalue weighted by atomic mass is 16.5. The number of ether oxygens (including phenoxy) is 1. The molecule has 2 fully saturated rings. The minimum absolute atomic E-state index is 0.319. The first kappa shape index (κ1) is 14.3. The first-order valence-electron chi connectivity index (χ1n) is 7.50. The number of rotatable bonds is 4. The molecule has 1 aliphatic heterocycles. The average molecular weight is 254 g/mol. The van der Waals surface area contributed by atoms with Gasteiger partial charge in [0.1, 0.15) is 0 Å². The summed E-state index contributed by atoms with van der Waals surface area (Å²) in [6.45, 7) is 12.9. The zero-order valence-corrected chi connectivity index (χ0v) is 12.7. The Morgan fingerprint density at radius 1 is 1.39 bits per heavy atom. The van der Waals surface area contributed by atoms with Crippen molar-refractivity contribution in [3.63, 3.8) is 0 Å². The Bertz CT molecular complexity index is 280. The Kier molecular flexibility index (Phi) is 4.35. The highest BCUT2D eigenvalue weighted by molar-refractivity contribution is 5.05. The molecule has 0 aromatic carbocycles. The van der Waals surface area contributed by atoms with E-state index in [0.29, 0.717) is 23.6 Å². The van der Waals surface area contributed by atoms with Gasteiger partial charge in [-0.2, -0.15) is 0 Å². The molecule has 2 aliphatic rings. The van der Waals surface area contributed by atoms with E-state index in [0.717, 1.165) is 12.5 Å². The molecule has 3 nitrogen and oxygen atoms in total. The Morgan fingerprint density at radius 2 is 2.11 bits per heavy atom. The number of hydrogen-bond donors (Lipinski definition) is 1. The maximum Gasteiger partial charge on any atom is 0.0652 e. The molecular weight excluding hydrogens is 224 g/mol. The van der Waals surface area contributed by atoms with Gasteiger partial charge < -0.3 is 10.1 Å². The van der Waals surface area contributed by atoms with Crippen LogP contribution in [0.3, 0.4) is 0 Å². The summed E-state index contributed by atoms with van der Waals surface area (Å²) in [5, 5.41) is 3.62. The smallest absolute Gasteiger partial charge is 0.0652 e. The van der Waals surface area contributed by atoms with Crippen molar-refractivity contribution in [2.75, 3.05) is 26.7 Å². The summed E-state index contributed by atoms with van der Waals surface area (Å²) in [4.78, 5) is 2.70. The van der Waals surface area contributed by atoms with Crippen molar-refractivity contribution in [1.82, 2.24) is 10.2 Å². The Balaban J connectivity index is 1.90. The lowest BCUT2D eigenvalue weighted by Crippen LogP contribution is -2.64. The molecule has 1 aliphatic carbocycles. The van der Waals surface area contributed by atoms with Gasteiger partial charge in [-0.3, -0.25) is 4.90 Å². The zero-order chi connectivity index (χ0) is 13.3. The van der Waals surface area contributed by atoms with Crippen LogP contribution in [0.4, 0.5) is 0 Å². The van der Waals surface area contributed by atoms with Gasteiger partial charge in [-0.1, -0.05) is 27.7 Å². The lowest BCUT2D eigenvalue weighted by Gasteiger charge is -2.57. The van der Waals surface area contributed by atoms with Crippen LogP contribution in [0.15, 0.2) is 0 Å². The number of nitrogens with one attached hydrogen (secondary N) is 1. The fraction of sp³-hybridized carbons (Fsp3) is 1.00. The van der Waals surface area contributed by atoms with Gasteiger partial charge in [0.25, 0.3) is 0 Å². The second-order valence-electron chi connectivity index (χ2n) is 6.72. The minimum atomic E-state index is 0.319. The standard InChI is InChI=1S/C15H30N2O/c1-6-16-12-7-8-17(10-11(12)2)13-9-14(18-5)15(13,3)4/h11-14,16H,6-10H2,1-5H3. The zero-order valence-electron chi connectivity index (χ0n) is 12.7. The molecular formula is C15H30N2O. The lowest BCUT2D eigenvalue weighted by molar-refractivity contribution is -0.145. The monoisotopic (exact) mass is 254 g/mol. The van der Waals surface area contributed by atoms with Crippen LogP contribution in [0.5, 0.6) is 0 Å². The van der Waals surface area contributed by atoms with Gasteiger partial charge in [-0.15, -0.1) is 0 Å². The molecule has 1 heterocycles. The molecule has 4 unspecified atom stereocenters. The van der Waals surface area contributed by atoms with Crippen molar-refractivity contribution >= 4 is 0 Å². The number of nitrogens with zero attached hydrogens (tertiary/aromatic N) is 1. The van der Waals surface area contributed by atoms with Crippen molar-refractivity contribution in [3.05, 3.63) is 0 Å². The van der Waals surface area contributed by atoms with E-state index in [4.69, 9.17) is 4.74 Å². The summed E-state index contributed by atoms with van der Waals surface area (Å²) in [5.74, 6) is 0.760. The summed E-state index contributed by atoms with van der Waals surface area (Å²) >= 11 is 0. The highest BCUT2D eigenvalue weighted by Gasteiger charge is 2.51. The summed E-state index contributed by atoms with van der Waals surface area (Å²) in [6, 6.07) is 1.43. The molecule has 0 aromatic heterocycles. The first-order valence-corrected chi connectivity index (χ1v) is 7.50. The third kappa shape index (κ3) is 2.45. The van der Waals surface area contributed by atoms with E-state index in [2.05, 4.69) is 37.9 Å². The maximum atomic E-state index is 5.57. The van der Waals surface area contributed by atoms with E-state index >= 15 is 0 Å². The number of piperidine rings is 1. The van der Waals surface area contributed by atoms with Crippen LogP contribution < -0.4 is 5.32 Å². The van der Waals surface area contributed by atoms with E-state index in [9.17, 15) is 0 Å². The second-order valence-corrected chi connectivity index (χ2v) is 6.72. The van der Waals surface area contributed by atoms with E-state index in [1.807, 2.05) is 7.11 Å². The predicted octanol–water partition coefficient (Wildman–Crippen LogP) is 2.12. The fourth-order valence-electron chi connectivity index (χ4n) is 3.91. The summed E-state index contributed by atoms with van der Waals surface area (Å²) < 4.78 is 5.57. The van der Waals surface area contributed by atoms with Crippen molar-refractivity contribution in [1.29, 1.82) is 0 Å². The molecule has 18 heavy (non-hydrogen) atoms. The van der Waals surface area contributed by atoms with Crippen LogP contribution in [0, 0.1) is 11.3 Å². The number of hydrogen-bond acceptors (Lipinski definition) is 3. The van der Waals surface area contributed by atoms with Gasteiger partial charge in [0.05, 0.1) is 6.10 Å². The average Bonchev–Trinajstić information content (AvgIpc) is 2.32. The maximum absolute atomic E-state index is 5.57. The van der Waals surface area contributed by atoms with E-state index < -0.39 is 0 Å². The molecule has 1 saturated heterocycles. The fourth-order valence-corrected chi connectivity index (χ4v) is 3.91. The molecule has 4 atom stereocenters. The van der Waals surface area contributed by atoms with Crippen molar-refractivity contribution < 1.29 is 4.74 Å². The van der Waals surface area contributed by atoms with Crippen LogP contribution >= 0.6 is 0 Å². The molecule has 1 saturated carbocycles. The highest BCUT2D eigenvalue weighted by Crippen LogP contribution is 2.46. The molecule has 0 amide bonds. The van der Waals surface area contributed by atoms with Gasteiger partial charge in [-0.25, -0.2) is 0 Å². The van der Waals surface area contributed by atoms with E-state index in [1.165, 1.54) is 25.9 Å². The van der Waals surface area contributed by atoms with Crippen molar-refractivity contribution in [2.45, 2.75) is 58.7 Å². The Morgan fingerprint density at radius 3 is 2.61 bits per heavy atom. The third-order valence-electron chi connectivity index (χ3n) is 5.25. The van der Waals surface area contributed by atoms with Crippen LogP contribution in [0.25, 0.3) is 0 Å². The van der Waals surface area contributed by atoms with Gasteiger partial charge in [-0.05, 0) is 31.8 Å². The molecule has 0 spiro atoms. The van der Waals surface area contributed by atoms with E-state index in [-0.39, 0.29) is 0 Å². The van der Waals surface area contributed by atoms with Gasteiger partial charge in [0, 0.05) is 31.2 Å². The van der Waals surface area contributed by atoms with Gasteiger partial charge >= 0.3 is 0 Å². The van der Waals surface area contributed by atoms with Crippen molar-refractivity contribution in [2.24, 2.45) is 11.3 Å². The van der Waals surface area contributed by atoms with Gasteiger partial charge in [0.2, 0.25) is 0 Å². The largest absolute Gasteiger partial charge is 0.381 e. The summed E-state index contributed by atoms with van der Waals surface area (Å²) in [5.41, 5.74) is 0.319. The minimum Gasteiger partial charge on any atom is -0.381 e. The number of likely N-dealkylation sites (tertiary alicyclic amines) is 1. The summed E-state index contributed by atoms with van der Waals surface area (Å²) in [6.07, 6.45) is 2.95. The van der Waals surface area contributed by atoms with Gasteiger partial charge in [0.15, 0.2) is 0 Å². The quantitative estimate of drug-likeness (QED) is 0.832.